The van der Waals surface area contributed by atoms with E-state index in [0.717, 1.165) is 6.42 Å². The molecule has 0 N–H and O–H groups in total. The lowest BCUT2D eigenvalue weighted by Crippen LogP contribution is -2.04. The number of ether oxygens (including phenoxy) is 1. The van der Waals surface area contributed by atoms with Gasteiger partial charge in [0.25, 0.3) is 0 Å². The Kier molecular flexibility index (Phi) is 12.3. The van der Waals surface area contributed by atoms with Crippen LogP contribution in [0.2, 0.25) is 0 Å². The van der Waals surface area contributed by atoms with Gasteiger partial charge >= 0.3 is 5.97 Å². The maximum Gasteiger partial charge on any atom is 0.311 e. The van der Waals surface area contributed by atoms with E-state index < -0.39 is 0 Å². The molecule has 1 aromatic rings. The van der Waals surface area contributed by atoms with Crippen molar-refractivity contribution in [1.82, 2.24) is 5.16 Å². The van der Waals surface area contributed by atoms with Crippen LogP contribution in [0.1, 0.15) is 82.6 Å². The number of rotatable bonds is 14. The first-order valence-electron chi connectivity index (χ1n) is 9.62. The summed E-state index contributed by atoms with van der Waals surface area (Å²) < 4.78 is 9.73. The summed E-state index contributed by atoms with van der Waals surface area (Å²) >= 11 is 0. The average Bonchev–Trinajstić information content (AvgIpc) is 3.06. The lowest BCUT2D eigenvalue weighted by molar-refractivity contribution is -0.139. The molecule has 0 amide bonds. The first kappa shape index (κ1) is 21.2. The van der Waals surface area contributed by atoms with Crippen LogP contribution in [0, 0.1) is 0 Å². The normalized spacial score (nSPS) is 11.6. The van der Waals surface area contributed by atoms with Gasteiger partial charge in [0, 0.05) is 6.07 Å². The zero-order valence-electron chi connectivity index (χ0n) is 15.8. The Bertz CT molecular complexity index is 517. The predicted octanol–water partition coefficient (Wildman–Crippen LogP) is 5.88. The lowest BCUT2D eigenvalue weighted by atomic mass is 10.1. The highest BCUT2D eigenvalue weighted by Crippen LogP contribution is 2.11. The quantitative estimate of drug-likeness (QED) is 0.239. The Morgan fingerprint density at radius 3 is 2.44 bits per heavy atom. The summed E-state index contributed by atoms with van der Waals surface area (Å²) in [4.78, 5) is 11.1. The zero-order chi connectivity index (χ0) is 18.2. The second-order valence-corrected chi connectivity index (χ2v) is 6.38. The number of methoxy groups -OCH3 is 1. The number of hydrogen-bond donors (Lipinski definition) is 0. The van der Waals surface area contributed by atoms with E-state index in [-0.39, 0.29) is 12.4 Å². The fraction of sp³-hybridized carbons (Fsp3) is 0.619. The van der Waals surface area contributed by atoms with Crippen molar-refractivity contribution in [2.24, 2.45) is 0 Å². The maximum absolute atomic E-state index is 11.1. The van der Waals surface area contributed by atoms with Crippen LogP contribution in [-0.2, 0) is 16.0 Å². The van der Waals surface area contributed by atoms with Gasteiger partial charge in [-0.25, -0.2) is 0 Å². The van der Waals surface area contributed by atoms with Crippen LogP contribution < -0.4 is 0 Å². The molecule has 0 aromatic carbocycles. The second-order valence-electron chi connectivity index (χ2n) is 6.38. The van der Waals surface area contributed by atoms with Gasteiger partial charge in [0.1, 0.15) is 0 Å². The molecule has 0 bridgehead atoms. The van der Waals surface area contributed by atoms with Crippen LogP contribution in [0.3, 0.4) is 0 Å². The van der Waals surface area contributed by atoms with Gasteiger partial charge in [0.05, 0.1) is 19.2 Å². The largest absolute Gasteiger partial charge is 0.469 e. The SMILES string of the molecule is CCCCCCCCCCC/C=C\C=C\c1cc(CC(=O)OC)no1. The Labute approximate surface area is 152 Å². The Balaban J connectivity index is 2.04. The van der Waals surface area contributed by atoms with Crippen LogP contribution >= 0.6 is 0 Å². The molecule has 1 aromatic heterocycles. The van der Waals surface area contributed by atoms with Crippen molar-refractivity contribution in [3.05, 3.63) is 35.7 Å². The summed E-state index contributed by atoms with van der Waals surface area (Å²) in [6.45, 7) is 2.26. The molecule has 0 atom stereocenters. The molecular weight excluding hydrogens is 314 g/mol. The molecule has 0 saturated heterocycles. The van der Waals surface area contributed by atoms with Gasteiger partial charge in [-0.3, -0.25) is 4.79 Å². The molecule has 0 aliphatic carbocycles. The van der Waals surface area contributed by atoms with Gasteiger partial charge in [-0.1, -0.05) is 81.7 Å². The van der Waals surface area contributed by atoms with Gasteiger partial charge in [0.15, 0.2) is 5.76 Å². The van der Waals surface area contributed by atoms with Crippen molar-refractivity contribution in [1.29, 1.82) is 0 Å². The first-order valence-corrected chi connectivity index (χ1v) is 9.62. The van der Waals surface area contributed by atoms with Gasteiger partial charge in [0.2, 0.25) is 0 Å². The molecule has 0 aliphatic heterocycles. The minimum Gasteiger partial charge on any atom is -0.469 e. The van der Waals surface area contributed by atoms with E-state index in [1.165, 1.54) is 64.9 Å². The molecule has 0 aliphatic rings. The molecule has 0 spiro atoms. The third-order valence-electron chi connectivity index (χ3n) is 4.11. The van der Waals surface area contributed by atoms with Gasteiger partial charge in [-0.05, 0) is 18.9 Å². The van der Waals surface area contributed by atoms with Crippen LogP contribution in [0.4, 0.5) is 0 Å². The summed E-state index contributed by atoms with van der Waals surface area (Å²) in [6, 6.07) is 1.75. The molecule has 0 fully saturated rings. The molecule has 1 heterocycles. The summed E-state index contributed by atoms with van der Waals surface area (Å²) in [6.07, 6.45) is 21.5. The third-order valence-corrected chi connectivity index (χ3v) is 4.11. The van der Waals surface area contributed by atoms with E-state index in [0.29, 0.717) is 11.5 Å². The van der Waals surface area contributed by atoms with E-state index in [2.05, 4.69) is 22.9 Å². The highest BCUT2D eigenvalue weighted by molar-refractivity contribution is 5.71. The number of carbonyl (C=O) groups is 1. The number of hydrogen-bond acceptors (Lipinski definition) is 4. The van der Waals surface area contributed by atoms with Gasteiger partial charge < -0.3 is 9.26 Å². The Hall–Kier alpha value is -1.84. The molecule has 4 nitrogen and oxygen atoms in total. The van der Waals surface area contributed by atoms with E-state index in [1.807, 2.05) is 18.2 Å². The number of nitrogens with zero attached hydrogens (tertiary/aromatic N) is 1. The fourth-order valence-electron chi connectivity index (χ4n) is 2.61. The molecule has 4 heteroatoms. The summed E-state index contributed by atoms with van der Waals surface area (Å²) in [5, 5.41) is 3.83. The minimum absolute atomic E-state index is 0.141. The van der Waals surface area contributed by atoms with Gasteiger partial charge in [-0.2, -0.15) is 0 Å². The standard InChI is InChI=1S/C21H33NO3/c1-3-4-5-6-7-8-9-10-11-12-13-14-15-16-20-17-19(22-25-20)18-21(23)24-2/h13-17H,3-12,18H2,1-2H3/b14-13-,16-15+. The number of unbranched alkanes of at least 4 members (excludes halogenated alkanes) is 9. The molecule has 0 unspecified atom stereocenters. The van der Waals surface area contributed by atoms with Crippen molar-refractivity contribution in [3.8, 4) is 0 Å². The molecule has 0 saturated carbocycles. The summed E-state index contributed by atoms with van der Waals surface area (Å²) in [5.74, 6) is 0.330. The molecular formula is C21H33NO3. The maximum atomic E-state index is 11.1. The monoisotopic (exact) mass is 347 g/mol. The average molecular weight is 347 g/mol. The van der Waals surface area contributed by atoms with Crippen molar-refractivity contribution >= 4 is 12.0 Å². The van der Waals surface area contributed by atoms with Crippen molar-refractivity contribution in [2.75, 3.05) is 7.11 Å². The van der Waals surface area contributed by atoms with Crippen molar-refractivity contribution in [2.45, 2.75) is 77.6 Å². The fourth-order valence-corrected chi connectivity index (χ4v) is 2.61. The number of carbonyl (C=O) groups excluding carboxylic acids is 1. The summed E-state index contributed by atoms with van der Waals surface area (Å²) in [7, 11) is 1.36. The van der Waals surface area contributed by atoms with E-state index in [9.17, 15) is 4.79 Å². The minimum atomic E-state index is -0.315. The van der Waals surface area contributed by atoms with E-state index in [4.69, 9.17) is 4.52 Å². The van der Waals surface area contributed by atoms with E-state index in [1.54, 1.807) is 6.07 Å². The highest BCUT2D eigenvalue weighted by atomic mass is 16.5. The number of esters is 1. The number of aromatic nitrogens is 1. The topological polar surface area (TPSA) is 52.3 Å². The lowest BCUT2D eigenvalue weighted by Gasteiger charge is -2.00. The zero-order valence-corrected chi connectivity index (χ0v) is 15.8. The summed E-state index contributed by atoms with van der Waals surface area (Å²) in [5.41, 5.74) is 0.588. The van der Waals surface area contributed by atoms with Crippen LogP contribution in [0.15, 0.2) is 28.8 Å². The molecule has 1 rings (SSSR count). The van der Waals surface area contributed by atoms with Crippen molar-refractivity contribution in [3.63, 3.8) is 0 Å². The van der Waals surface area contributed by atoms with Crippen LogP contribution in [0.25, 0.3) is 6.08 Å². The Morgan fingerprint density at radius 2 is 1.76 bits per heavy atom. The second kappa shape index (κ2) is 14.5. The first-order chi connectivity index (χ1) is 12.3. The number of allylic oxidation sites excluding steroid dienone is 3. The van der Waals surface area contributed by atoms with Crippen LogP contribution in [0.5, 0.6) is 0 Å². The van der Waals surface area contributed by atoms with Gasteiger partial charge in [-0.15, -0.1) is 0 Å². The highest BCUT2D eigenvalue weighted by Gasteiger charge is 2.07. The predicted molar refractivity (Wildman–Crippen MR) is 102 cm³/mol. The smallest absolute Gasteiger partial charge is 0.311 e. The third kappa shape index (κ3) is 11.4. The molecule has 140 valence electrons. The van der Waals surface area contributed by atoms with Crippen molar-refractivity contribution < 1.29 is 14.1 Å². The molecule has 25 heavy (non-hydrogen) atoms. The Morgan fingerprint density at radius 1 is 1.08 bits per heavy atom. The molecule has 0 radical (unpaired) electrons. The van der Waals surface area contributed by atoms with Crippen LogP contribution in [-0.4, -0.2) is 18.2 Å². The van der Waals surface area contributed by atoms with E-state index >= 15 is 0 Å².